The van der Waals surface area contributed by atoms with E-state index in [4.69, 9.17) is 0 Å². The molecule has 0 fully saturated rings. The molecule has 0 saturated heterocycles. The molecule has 2 amide bonds. The summed E-state index contributed by atoms with van der Waals surface area (Å²) in [5, 5.41) is 0. The summed E-state index contributed by atoms with van der Waals surface area (Å²) in [5.41, 5.74) is 0. The Morgan fingerprint density at radius 3 is 2.29 bits per heavy atom. The second kappa shape index (κ2) is 5.52. The Balaban J connectivity index is 0.000000791. The van der Waals surface area contributed by atoms with Crippen LogP contribution in [0.5, 0.6) is 0 Å². The minimum Gasteiger partial charge on any atom is -0.337 e. The van der Waals surface area contributed by atoms with Gasteiger partial charge in [-0.2, -0.15) is 0 Å². The summed E-state index contributed by atoms with van der Waals surface area (Å²) < 4.78 is 0. The van der Waals surface area contributed by atoms with Gasteiger partial charge < -0.3 is 4.90 Å². The van der Waals surface area contributed by atoms with Crippen LogP contribution in [0.3, 0.4) is 0 Å². The van der Waals surface area contributed by atoms with E-state index in [9.17, 15) is 9.59 Å². The van der Waals surface area contributed by atoms with E-state index >= 15 is 0 Å². The highest BCUT2D eigenvalue weighted by Gasteiger charge is 2.28. The number of carbonyl (C=O) groups is 2. The molecule has 0 radical (unpaired) electrons. The van der Waals surface area contributed by atoms with Crippen LogP contribution in [0.1, 0.15) is 27.7 Å². The molecule has 1 heterocycles. The smallest absolute Gasteiger partial charge is 0.265 e. The van der Waals surface area contributed by atoms with Crippen molar-refractivity contribution in [1.29, 1.82) is 0 Å². The zero-order chi connectivity index (χ0) is 11.3. The molecule has 80 valence electrons. The van der Waals surface area contributed by atoms with Gasteiger partial charge in [0.05, 0.1) is 12.1 Å². The van der Waals surface area contributed by atoms with Crippen molar-refractivity contribution in [3.63, 3.8) is 0 Å². The van der Waals surface area contributed by atoms with E-state index in [0.29, 0.717) is 0 Å². The van der Waals surface area contributed by atoms with Gasteiger partial charge in [0.1, 0.15) is 0 Å². The van der Waals surface area contributed by atoms with Crippen LogP contribution < -0.4 is 0 Å². The largest absolute Gasteiger partial charge is 0.337 e. The predicted molar refractivity (Wildman–Crippen MR) is 56.2 cm³/mol. The lowest BCUT2D eigenvalue weighted by Gasteiger charge is -2.24. The van der Waals surface area contributed by atoms with E-state index in [0.717, 1.165) is 6.21 Å². The van der Waals surface area contributed by atoms with Crippen molar-refractivity contribution < 1.29 is 9.59 Å². The van der Waals surface area contributed by atoms with Gasteiger partial charge in [0, 0.05) is 13.1 Å². The quantitative estimate of drug-likeness (QED) is 0.585. The standard InChI is InChI=1S/C8H12N2O2.C2H6/c1-5-6(2)10(3)7(11)4-9-8(5)12;1-2/h4-6H,1-3H3;1-2H3. The number of nitrogens with zero attached hydrogens (tertiary/aromatic N) is 2. The Bertz CT molecular complexity index is 225. The molecule has 1 aliphatic heterocycles. The van der Waals surface area contributed by atoms with Crippen molar-refractivity contribution in [1.82, 2.24) is 4.90 Å². The third kappa shape index (κ3) is 2.65. The number of carbonyl (C=O) groups excluding carboxylic acids is 2. The van der Waals surface area contributed by atoms with Gasteiger partial charge in [0.15, 0.2) is 0 Å². The first-order valence-corrected chi connectivity index (χ1v) is 4.88. The molecular formula is C10H18N2O2. The molecule has 0 aliphatic carbocycles. The fraction of sp³-hybridized carbons (Fsp3) is 0.700. The Morgan fingerprint density at radius 2 is 1.79 bits per heavy atom. The third-order valence-corrected chi connectivity index (χ3v) is 2.37. The van der Waals surface area contributed by atoms with Gasteiger partial charge in [0.25, 0.3) is 11.8 Å². The van der Waals surface area contributed by atoms with Gasteiger partial charge in [-0.25, -0.2) is 4.99 Å². The number of hydrogen-bond donors (Lipinski definition) is 0. The molecule has 0 bridgehead atoms. The average molecular weight is 198 g/mol. The fourth-order valence-electron chi connectivity index (χ4n) is 1.07. The lowest BCUT2D eigenvalue weighted by molar-refractivity contribution is -0.126. The number of amides is 2. The second-order valence-electron chi connectivity index (χ2n) is 3.07. The average Bonchev–Trinajstić information content (AvgIpc) is 2.30. The molecule has 0 N–H and O–H groups in total. The molecule has 1 aliphatic rings. The van der Waals surface area contributed by atoms with Crippen LogP contribution in [0, 0.1) is 5.92 Å². The van der Waals surface area contributed by atoms with Gasteiger partial charge >= 0.3 is 0 Å². The van der Waals surface area contributed by atoms with E-state index in [1.54, 1.807) is 14.0 Å². The van der Waals surface area contributed by atoms with Crippen molar-refractivity contribution in [3.8, 4) is 0 Å². The summed E-state index contributed by atoms with van der Waals surface area (Å²) in [6.45, 7) is 7.62. The van der Waals surface area contributed by atoms with E-state index in [1.165, 1.54) is 4.90 Å². The fourth-order valence-corrected chi connectivity index (χ4v) is 1.07. The van der Waals surface area contributed by atoms with E-state index < -0.39 is 0 Å². The lowest BCUT2D eigenvalue weighted by Crippen LogP contribution is -2.39. The molecule has 0 aromatic rings. The molecule has 4 heteroatoms. The monoisotopic (exact) mass is 198 g/mol. The highest BCUT2D eigenvalue weighted by atomic mass is 16.2. The number of hydrogen-bond acceptors (Lipinski definition) is 2. The topological polar surface area (TPSA) is 49.7 Å². The van der Waals surface area contributed by atoms with Crippen LogP contribution >= 0.6 is 0 Å². The molecule has 0 aromatic carbocycles. The first-order chi connectivity index (χ1) is 6.54. The summed E-state index contributed by atoms with van der Waals surface area (Å²) >= 11 is 0. The lowest BCUT2D eigenvalue weighted by atomic mass is 10.0. The SMILES string of the molecule is CC.CC1C(=O)N=CC(=O)N(C)C1C. The normalized spacial score (nSPS) is 26.8. The summed E-state index contributed by atoms with van der Waals surface area (Å²) in [6.07, 6.45) is 1.09. The molecule has 1 rings (SSSR count). The van der Waals surface area contributed by atoms with Gasteiger partial charge in [-0.1, -0.05) is 20.8 Å². The molecule has 0 spiro atoms. The molecule has 14 heavy (non-hydrogen) atoms. The maximum Gasteiger partial charge on any atom is 0.265 e. The van der Waals surface area contributed by atoms with Crippen molar-refractivity contribution in [2.45, 2.75) is 33.7 Å². The number of aliphatic imine (C=N–C) groups is 1. The third-order valence-electron chi connectivity index (χ3n) is 2.37. The van der Waals surface area contributed by atoms with E-state index in [2.05, 4.69) is 4.99 Å². The highest BCUT2D eigenvalue weighted by Crippen LogP contribution is 2.13. The van der Waals surface area contributed by atoms with Gasteiger partial charge in [-0.15, -0.1) is 0 Å². The van der Waals surface area contributed by atoms with Crippen molar-refractivity contribution in [3.05, 3.63) is 0 Å². The minimum atomic E-state index is -0.222. The predicted octanol–water partition coefficient (Wildman–Crippen LogP) is 1.11. The van der Waals surface area contributed by atoms with Crippen molar-refractivity contribution in [2.24, 2.45) is 10.9 Å². The molecule has 2 atom stereocenters. The Hall–Kier alpha value is -1.19. The van der Waals surface area contributed by atoms with Crippen LogP contribution in [-0.4, -0.2) is 36.0 Å². The van der Waals surface area contributed by atoms with Crippen LogP contribution in [0.15, 0.2) is 4.99 Å². The van der Waals surface area contributed by atoms with Gasteiger partial charge in [-0.3, -0.25) is 9.59 Å². The summed E-state index contributed by atoms with van der Waals surface area (Å²) in [4.78, 5) is 27.3. The highest BCUT2D eigenvalue weighted by molar-refractivity contribution is 6.28. The Morgan fingerprint density at radius 1 is 1.29 bits per heavy atom. The van der Waals surface area contributed by atoms with Crippen LogP contribution in [0.2, 0.25) is 0 Å². The Kier molecular flexibility index (Phi) is 5.05. The van der Waals surface area contributed by atoms with Crippen LogP contribution in [0.4, 0.5) is 0 Å². The van der Waals surface area contributed by atoms with Crippen molar-refractivity contribution in [2.75, 3.05) is 7.05 Å². The minimum absolute atomic E-state index is 0.0764. The summed E-state index contributed by atoms with van der Waals surface area (Å²) in [7, 11) is 1.67. The van der Waals surface area contributed by atoms with Crippen LogP contribution in [0.25, 0.3) is 0 Å². The first-order valence-electron chi connectivity index (χ1n) is 4.88. The van der Waals surface area contributed by atoms with Crippen molar-refractivity contribution >= 4 is 18.0 Å². The van der Waals surface area contributed by atoms with E-state index in [-0.39, 0.29) is 23.8 Å². The van der Waals surface area contributed by atoms with Crippen LogP contribution in [-0.2, 0) is 9.59 Å². The maximum atomic E-state index is 11.1. The summed E-state index contributed by atoms with van der Waals surface area (Å²) in [5.74, 6) is -0.641. The first kappa shape index (κ1) is 12.8. The number of rotatable bonds is 0. The molecule has 0 aromatic heterocycles. The Labute approximate surface area is 85.0 Å². The van der Waals surface area contributed by atoms with Gasteiger partial charge in [-0.05, 0) is 6.92 Å². The molecule has 4 nitrogen and oxygen atoms in total. The molecular weight excluding hydrogens is 180 g/mol. The zero-order valence-corrected chi connectivity index (χ0v) is 9.44. The maximum absolute atomic E-state index is 11.1. The summed E-state index contributed by atoms with van der Waals surface area (Å²) in [6, 6.07) is -0.0764. The second-order valence-corrected chi connectivity index (χ2v) is 3.07. The van der Waals surface area contributed by atoms with E-state index in [1.807, 2.05) is 20.8 Å². The zero-order valence-electron chi connectivity index (χ0n) is 9.44. The van der Waals surface area contributed by atoms with Gasteiger partial charge in [0.2, 0.25) is 0 Å². The molecule has 0 saturated carbocycles. The molecule has 2 unspecified atom stereocenters.